The van der Waals surface area contributed by atoms with Crippen molar-refractivity contribution in [1.29, 1.82) is 0 Å². The normalized spacial score (nSPS) is 12.3. The van der Waals surface area contributed by atoms with Crippen molar-refractivity contribution in [1.82, 2.24) is 5.32 Å². The minimum Gasteiger partial charge on any atom is -0.444 e. The number of carbonyl (C=O) groups is 1. The predicted octanol–water partition coefficient (Wildman–Crippen LogP) is 3.28. The van der Waals surface area contributed by atoms with Crippen LogP contribution in [-0.2, 0) is 14.6 Å². The Morgan fingerprint density at radius 3 is 2.45 bits per heavy atom. The molecule has 6 heteroatoms. The molecule has 0 aliphatic carbocycles. The van der Waals surface area contributed by atoms with Gasteiger partial charge in [-0.2, -0.15) is 0 Å². The lowest BCUT2D eigenvalue weighted by Gasteiger charge is -2.19. The van der Waals surface area contributed by atoms with E-state index in [2.05, 4.69) is 5.32 Å². The van der Waals surface area contributed by atoms with Crippen molar-refractivity contribution in [2.75, 3.05) is 6.54 Å². The lowest BCUT2D eigenvalue weighted by molar-refractivity contribution is 0.0527. The maximum absolute atomic E-state index is 12.0. The van der Waals surface area contributed by atoms with Crippen LogP contribution >= 0.6 is 0 Å². The van der Waals surface area contributed by atoms with E-state index in [4.69, 9.17) is 4.74 Å². The van der Waals surface area contributed by atoms with E-state index >= 15 is 0 Å². The molecule has 0 saturated carbocycles. The minimum atomic E-state index is -3.38. The van der Waals surface area contributed by atoms with Gasteiger partial charge in [0.25, 0.3) is 0 Å². The van der Waals surface area contributed by atoms with Crippen LogP contribution in [0.3, 0.4) is 0 Å². The molecule has 122 valence electrons. The Morgan fingerprint density at radius 1 is 1.23 bits per heavy atom. The van der Waals surface area contributed by atoms with Gasteiger partial charge in [0.05, 0.1) is 4.90 Å². The van der Waals surface area contributed by atoms with Crippen molar-refractivity contribution in [2.24, 2.45) is 0 Å². The highest BCUT2D eigenvalue weighted by atomic mass is 32.2. The number of amides is 1. The molecule has 1 N–H and O–H groups in total. The highest BCUT2D eigenvalue weighted by Crippen LogP contribution is 2.11. The summed E-state index contributed by atoms with van der Waals surface area (Å²) in [5.41, 5.74) is -0.520. The summed E-state index contributed by atoms with van der Waals surface area (Å²) in [5, 5.41) is 3.83. The van der Waals surface area contributed by atoms with Crippen LogP contribution in [0.5, 0.6) is 0 Å². The summed E-state index contributed by atoms with van der Waals surface area (Å²) in [4.78, 5) is 11.7. The fourth-order valence-electron chi connectivity index (χ4n) is 1.61. The Hall–Kier alpha value is -1.82. The summed E-state index contributed by atoms with van der Waals surface area (Å²) >= 11 is 0. The number of ether oxygens (including phenoxy) is 1. The topological polar surface area (TPSA) is 72.5 Å². The third kappa shape index (κ3) is 7.26. The van der Waals surface area contributed by atoms with E-state index in [1.165, 1.54) is 5.41 Å². The van der Waals surface area contributed by atoms with E-state index in [1.54, 1.807) is 57.2 Å². The fourth-order valence-corrected chi connectivity index (χ4v) is 2.69. The number of allylic oxidation sites excluding steroid dienone is 1. The molecular formula is C16H23NO4S. The first-order valence-electron chi connectivity index (χ1n) is 7.14. The predicted molar refractivity (Wildman–Crippen MR) is 86.2 cm³/mol. The Bertz CT molecular complexity index is 601. The molecular weight excluding hydrogens is 302 g/mol. The first-order chi connectivity index (χ1) is 10.2. The zero-order chi connectivity index (χ0) is 16.6. The van der Waals surface area contributed by atoms with Gasteiger partial charge in [0, 0.05) is 12.0 Å². The summed E-state index contributed by atoms with van der Waals surface area (Å²) in [6, 6.07) is 8.26. The van der Waals surface area contributed by atoms with Gasteiger partial charge in [-0.25, -0.2) is 13.2 Å². The molecule has 0 unspecified atom stereocenters. The molecule has 0 fully saturated rings. The van der Waals surface area contributed by atoms with E-state index in [-0.39, 0.29) is 4.90 Å². The highest BCUT2D eigenvalue weighted by molar-refractivity contribution is 7.94. The summed E-state index contributed by atoms with van der Waals surface area (Å²) in [7, 11) is -3.38. The third-order valence-corrected chi connectivity index (χ3v) is 4.04. The standard InChI is InChI=1S/C16H23NO4S/c1-16(2,3)21-15(18)17-12-8-5-9-13-22(19,20)14-10-6-4-7-11-14/h4,6-7,9-11,13H,5,8,12H2,1-3H3,(H,17,18)/b13-9+. The number of benzene rings is 1. The van der Waals surface area contributed by atoms with Gasteiger partial charge in [0.15, 0.2) is 9.84 Å². The van der Waals surface area contributed by atoms with Crippen molar-refractivity contribution >= 4 is 15.9 Å². The average Bonchev–Trinajstić information content (AvgIpc) is 2.41. The van der Waals surface area contributed by atoms with E-state index in [1.807, 2.05) is 0 Å². The van der Waals surface area contributed by atoms with Crippen LogP contribution in [0.1, 0.15) is 33.6 Å². The zero-order valence-corrected chi connectivity index (χ0v) is 14.0. The molecule has 0 aliphatic heterocycles. The highest BCUT2D eigenvalue weighted by Gasteiger charge is 2.15. The van der Waals surface area contributed by atoms with E-state index in [0.717, 1.165) is 0 Å². The Labute approximate surface area is 132 Å². The smallest absolute Gasteiger partial charge is 0.407 e. The van der Waals surface area contributed by atoms with Crippen molar-refractivity contribution in [3.8, 4) is 0 Å². The molecule has 5 nitrogen and oxygen atoms in total. The van der Waals surface area contributed by atoms with Gasteiger partial charge in [0.2, 0.25) is 0 Å². The van der Waals surface area contributed by atoms with Crippen LogP contribution in [0.2, 0.25) is 0 Å². The van der Waals surface area contributed by atoms with Crippen LogP contribution in [0.4, 0.5) is 4.79 Å². The second-order valence-electron chi connectivity index (χ2n) is 5.80. The Kier molecular flexibility index (Phi) is 6.61. The van der Waals surface area contributed by atoms with Crippen molar-refractivity contribution in [3.63, 3.8) is 0 Å². The lowest BCUT2D eigenvalue weighted by Crippen LogP contribution is -2.32. The molecule has 22 heavy (non-hydrogen) atoms. The second kappa shape index (κ2) is 7.98. The first kappa shape index (κ1) is 18.2. The number of unbranched alkanes of at least 4 members (excludes halogenated alkanes) is 1. The third-order valence-electron chi connectivity index (χ3n) is 2.56. The molecule has 0 radical (unpaired) electrons. The van der Waals surface area contributed by atoms with Gasteiger partial charge in [-0.1, -0.05) is 24.3 Å². The van der Waals surface area contributed by atoms with Crippen LogP contribution < -0.4 is 5.32 Å². The van der Waals surface area contributed by atoms with Crippen LogP contribution in [0.25, 0.3) is 0 Å². The summed E-state index contributed by atoms with van der Waals surface area (Å²) < 4.78 is 29.0. The molecule has 0 atom stereocenters. The van der Waals surface area contributed by atoms with E-state index in [9.17, 15) is 13.2 Å². The quantitative estimate of drug-likeness (QED) is 0.815. The minimum absolute atomic E-state index is 0.276. The van der Waals surface area contributed by atoms with Crippen LogP contribution in [-0.4, -0.2) is 26.7 Å². The largest absolute Gasteiger partial charge is 0.444 e. The lowest BCUT2D eigenvalue weighted by atomic mass is 10.2. The summed E-state index contributed by atoms with van der Waals surface area (Å²) in [5.74, 6) is 0. The number of nitrogens with one attached hydrogen (secondary N) is 1. The second-order valence-corrected chi connectivity index (χ2v) is 7.63. The molecule has 0 aliphatic rings. The maximum Gasteiger partial charge on any atom is 0.407 e. The molecule has 1 rings (SSSR count). The van der Waals surface area contributed by atoms with Gasteiger partial charge in [0.1, 0.15) is 5.60 Å². The van der Waals surface area contributed by atoms with Crippen LogP contribution in [0.15, 0.2) is 46.7 Å². The maximum atomic E-state index is 12.0. The fraction of sp³-hybridized carbons (Fsp3) is 0.438. The number of hydrogen-bond donors (Lipinski definition) is 1. The molecule has 0 spiro atoms. The number of carbonyl (C=O) groups excluding carboxylic acids is 1. The average molecular weight is 325 g/mol. The van der Waals surface area contributed by atoms with Crippen molar-refractivity contribution in [3.05, 3.63) is 41.8 Å². The number of rotatable bonds is 6. The summed E-state index contributed by atoms with van der Waals surface area (Å²) in [6.07, 6.45) is 2.33. The summed E-state index contributed by atoms with van der Waals surface area (Å²) in [6.45, 7) is 5.82. The SMILES string of the molecule is CC(C)(C)OC(=O)NCCC/C=C/S(=O)(=O)c1ccccc1. The molecule has 0 bridgehead atoms. The molecule has 1 amide bonds. The molecule has 1 aromatic carbocycles. The zero-order valence-electron chi connectivity index (χ0n) is 13.2. The van der Waals surface area contributed by atoms with E-state index in [0.29, 0.717) is 19.4 Å². The van der Waals surface area contributed by atoms with Crippen LogP contribution in [0, 0.1) is 0 Å². The monoisotopic (exact) mass is 325 g/mol. The van der Waals surface area contributed by atoms with Crippen molar-refractivity contribution < 1.29 is 17.9 Å². The molecule has 1 aromatic rings. The number of hydrogen-bond acceptors (Lipinski definition) is 4. The van der Waals surface area contributed by atoms with Gasteiger partial charge in [-0.05, 0) is 45.7 Å². The molecule has 0 heterocycles. The van der Waals surface area contributed by atoms with Crippen molar-refractivity contribution in [2.45, 2.75) is 44.1 Å². The number of alkyl carbamates (subject to hydrolysis) is 1. The van der Waals surface area contributed by atoms with Gasteiger partial charge < -0.3 is 10.1 Å². The number of sulfone groups is 1. The molecule has 0 aromatic heterocycles. The van der Waals surface area contributed by atoms with E-state index < -0.39 is 21.5 Å². The Balaban J connectivity index is 2.32. The van der Waals surface area contributed by atoms with Gasteiger partial charge in [-0.15, -0.1) is 0 Å². The first-order valence-corrected chi connectivity index (χ1v) is 8.69. The Morgan fingerprint density at radius 2 is 1.86 bits per heavy atom. The molecule has 0 saturated heterocycles. The van der Waals surface area contributed by atoms with Gasteiger partial charge in [-0.3, -0.25) is 0 Å². The van der Waals surface area contributed by atoms with Gasteiger partial charge >= 0.3 is 6.09 Å².